The minimum absolute atomic E-state index is 0.0465. The number of aromatic nitrogens is 1. The van der Waals surface area contributed by atoms with Gasteiger partial charge < -0.3 is 15.6 Å². The van der Waals surface area contributed by atoms with Gasteiger partial charge in [0.25, 0.3) is 0 Å². The Morgan fingerprint density at radius 1 is 0.673 bits per heavy atom. The predicted molar refractivity (Wildman–Crippen MR) is 213 cm³/mol. The fourth-order valence-corrected chi connectivity index (χ4v) is 6.98. The Bertz CT molecular complexity index is 2220. The molecule has 0 amide bonds. The van der Waals surface area contributed by atoms with Gasteiger partial charge in [-0.05, 0) is 96.2 Å². The smallest absolute Gasteiger partial charge is 0.0544 e. The van der Waals surface area contributed by atoms with Crippen molar-refractivity contribution < 1.29 is 0 Å². The van der Waals surface area contributed by atoms with Gasteiger partial charge in [-0.1, -0.05) is 129 Å². The summed E-state index contributed by atoms with van der Waals surface area (Å²) in [5.41, 5.74) is 18.2. The zero-order chi connectivity index (χ0) is 34.4. The van der Waals surface area contributed by atoms with Crippen LogP contribution in [-0.4, -0.2) is 11.6 Å². The summed E-state index contributed by atoms with van der Waals surface area (Å²) in [5, 5.41) is 6.30. The molecule has 1 heterocycles. The molecule has 1 aliphatic carbocycles. The number of nitrogens with two attached hydrogens (primary N) is 1. The highest BCUT2D eigenvalue weighted by Crippen LogP contribution is 2.50. The Labute approximate surface area is 291 Å². The maximum absolute atomic E-state index is 4.50. The van der Waals surface area contributed by atoms with Gasteiger partial charge in [-0.15, -0.1) is 6.58 Å². The fraction of sp³-hybridized carbons (Fsp3) is 0.130. The van der Waals surface area contributed by atoms with Crippen molar-refractivity contribution in [2.75, 3.05) is 12.4 Å². The van der Waals surface area contributed by atoms with E-state index in [1.807, 2.05) is 6.92 Å². The summed E-state index contributed by atoms with van der Waals surface area (Å²) >= 11 is 0. The first kappa shape index (κ1) is 33.3. The van der Waals surface area contributed by atoms with Crippen molar-refractivity contribution in [1.82, 2.24) is 4.57 Å². The van der Waals surface area contributed by atoms with E-state index >= 15 is 0 Å². The van der Waals surface area contributed by atoms with Crippen molar-refractivity contribution in [2.24, 2.45) is 5.73 Å². The van der Waals surface area contributed by atoms with Gasteiger partial charge in [-0.2, -0.15) is 0 Å². The second-order valence-electron chi connectivity index (χ2n) is 12.7. The summed E-state index contributed by atoms with van der Waals surface area (Å²) in [7, 11) is 1.50. The third kappa shape index (κ3) is 6.46. The molecule has 0 spiro atoms. The SMILES string of the molecule is C=CC.CC1(C)c2ccccc2-c2cc3c4ccccc4n(-c4ccc(N/C(=C\Cc5ccccc5)c5ccccc5)cc4)c3cc21.CN. The van der Waals surface area contributed by atoms with E-state index in [0.717, 1.165) is 23.5 Å². The molecule has 0 bridgehead atoms. The normalized spacial score (nSPS) is 12.6. The van der Waals surface area contributed by atoms with Gasteiger partial charge in [0.1, 0.15) is 0 Å². The summed E-state index contributed by atoms with van der Waals surface area (Å²) in [6.45, 7) is 9.96. The van der Waals surface area contributed by atoms with Crippen LogP contribution in [0.2, 0.25) is 0 Å². The van der Waals surface area contributed by atoms with Crippen LogP contribution in [0.15, 0.2) is 164 Å². The van der Waals surface area contributed by atoms with Gasteiger partial charge in [-0.25, -0.2) is 0 Å². The summed E-state index contributed by atoms with van der Waals surface area (Å²) < 4.78 is 2.43. The first-order valence-electron chi connectivity index (χ1n) is 17.0. The molecule has 3 heteroatoms. The quantitative estimate of drug-likeness (QED) is 0.178. The first-order valence-corrected chi connectivity index (χ1v) is 17.0. The molecule has 0 unspecified atom stereocenters. The molecule has 0 saturated heterocycles. The van der Waals surface area contributed by atoms with Crippen LogP contribution in [0.1, 0.15) is 43.0 Å². The van der Waals surface area contributed by atoms with Crippen LogP contribution in [0.4, 0.5) is 5.69 Å². The van der Waals surface area contributed by atoms with E-state index in [1.54, 1.807) is 6.08 Å². The number of fused-ring (bicyclic) bond motifs is 6. The van der Waals surface area contributed by atoms with E-state index in [2.05, 4.69) is 188 Å². The minimum Gasteiger partial charge on any atom is -0.355 e. The monoisotopic (exact) mass is 639 g/mol. The number of rotatable bonds is 6. The van der Waals surface area contributed by atoms with Crippen LogP contribution < -0.4 is 11.1 Å². The Morgan fingerprint density at radius 3 is 2.00 bits per heavy atom. The summed E-state index contributed by atoms with van der Waals surface area (Å²) in [5.74, 6) is 0. The van der Waals surface area contributed by atoms with Crippen molar-refractivity contribution in [3.8, 4) is 16.8 Å². The molecular formula is C46H45N3. The van der Waals surface area contributed by atoms with Crippen LogP contribution in [0.3, 0.4) is 0 Å². The van der Waals surface area contributed by atoms with E-state index in [0.29, 0.717) is 0 Å². The topological polar surface area (TPSA) is 43.0 Å². The highest BCUT2D eigenvalue weighted by atomic mass is 15.0. The Kier molecular flexibility index (Phi) is 9.94. The Morgan fingerprint density at radius 2 is 1.29 bits per heavy atom. The van der Waals surface area contributed by atoms with Gasteiger partial charge in [-0.3, -0.25) is 0 Å². The molecule has 244 valence electrons. The van der Waals surface area contributed by atoms with Crippen LogP contribution in [0.5, 0.6) is 0 Å². The lowest BCUT2D eigenvalue weighted by Gasteiger charge is -2.21. The number of nitrogens with one attached hydrogen (secondary N) is 1. The van der Waals surface area contributed by atoms with Crippen molar-refractivity contribution in [2.45, 2.75) is 32.6 Å². The van der Waals surface area contributed by atoms with Gasteiger partial charge in [0.05, 0.1) is 11.0 Å². The van der Waals surface area contributed by atoms with Crippen molar-refractivity contribution in [3.05, 3.63) is 187 Å². The van der Waals surface area contributed by atoms with E-state index in [9.17, 15) is 0 Å². The van der Waals surface area contributed by atoms with Crippen LogP contribution in [0, 0.1) is 0 Å². The molecular weight excluding hydrogens is 595 g/mol. The highest BCUT2D eigenvalue weighted by Gasteiger charge is 2.36. The number of hydrogen-bond acceptors (Lipinski definition) is 2. The minimum atomic E-state index is -0.0465. The average molecular weight is 640 g/mol. The maximum Gasteiger partial charge on any atom is 0.0544 e. The standard InChI is InChI=1S/C42H34N2.C3H6.CH5N/c1-42(2)37-19-11-9-17-33(37)35-27-36-34-18-10-12-20-40(34)44(41(36)28-38(35)42)32-24-22-31(23-25-32)43-39(30-15-7-4-8-16-30)26-21-29-13-5-3-6-14-29;1-3-2;1-2/h3-20,22-28,43H,21H2,1-2H3;3H,1H2,2H3;2H2,1H3/b39-26-;;. The molecule has 3 N–H and O–H groups in total. The second kappa shape index (κ2) is 14.6. The molecule has 7 aromatic rings. The summed E-state index contributed by atoms with van der Waals surface area (Å²) in [4.78, 5) is 0. The Hall–Kier alpha value is -5.64. The molecule has 0 fully saturated rings. The fourth-order valence-electron chi connectivity index (χ4n) is 6.98. The molecule has 1 aliphatic rings. The third-order valence-electron chi connectivity index (χ3n) is 9.25. The van der Waals surface area contributed by atoms with Crippen molar-refractivity contribution in [1.29, 1.82) is 0 Å². The molecule has 0 saturated carbocycles. The van der Waals surface area contributed by atoms with Crippen LogP contribution in [-0.2, 0) is 11.8 Å². The molecule has 6 aromatic carbocycles. The summed E-state index contributed by atoms with van der Waals surface area (Å²) in [6, 6.07) is 52.6. The zero-order valence-electron chi connectivity index (χ0n) is 28.9. The highest BCUT2D eigenvalue weighted by molar-refractivity contribution is 6.11. The Balaban J connectivity index is 0.000000792. The molecule has 8 rings (SSSR count). The number of anilines is 1. The lowest BCUT2D eigenvalue weighted by atomic mass is 9.82. The molecule has 3 nitrogen and oxygen atoms in total. The number of hydrogen-bond donors (Lipinski definition) is 2. The number of para-hydroxylation sites is 1. The van der Waals surface area contributed by atoms with Crippen molar-refractivity contribution >= 4 is 33.2 Å². The average Bonchev–Trinajstić information content (AvgIpc) is 3.59. The van der Waals surface area contributed by atoms with Gasteiger partial charge in [0.2, 0.25) is 0 Å². The molecule has 0 aliphatic heterocycles. The first-order chi connectivity index (χ1) is 24.0. The van der Waals surface area contributed by atoms with Crippen LogP contribution in [0.25, 0.3) is 44.3 Å². The van der Waals surface area contributed by atoms with Gasteiger partial charge in [0.15, 0.2) is 0 Å². The zero-order valence-corrected chi connectivity index (χ0v) is 28.9. The summed E-state index contributed by atoms with van der Waals surface area (Å²) in [6.07, 6.45) is 4.90. The lowest BCUT2D eigenvalue weighted by molar-refractivity contribution is 0.661. The number of nitrogens with zero attached hydrogens (tertiary/aromatic N) is 1. The largest absolute Gasteiger partial charge is 0.355 e. The van der Waals surface area contributed by atoms with Gasteiger partial charge >= 0.3 is 0 Å². The molecule has 1 aromatic heterocycles. The maximum atomic E-state index is 4.50. The predicted octanol–water partition coefficient (Wildman–Crippen LogP) is 11.6. The van der Waals surface area contributed by atoms with Crippen LogP contribution >= 0.6 is 0 Å². The van der Waals surface area contributed by atoms with E-state index < -0.39 is 0 Å². The lowest BCUT2D eigenvalue weighted by Crippen LogP contribution is -2.14. The van der Waals surface area contributed by atoms with E-state index in [4.69, 9.17) is 0 Å². The number of allylic oxidation sites excluding steroid dienone is 2. The van der Waals surface area contributed by atoms with Crippen molar-refractivity contribution in [3.63, 3.8) is 0 Å². The molecule has 49 heavy (non-hydrogen) atoms. The third-order valence-corrected chi connectivity index (χ3v) is 9.25. The van der Waals surface area contributed by atoms with E-state index in [1.165, 1.54) is 62.2 Å². The molecule has 0 radical (unpaired) electrons. The van der Waals surface area contributed by atoms with E-state index in [-0.39, 0.29) is 5.41 Å². The molecule has 0 atom stereocenters. The second-order valence-corrected chi connectivity index (χ2v) is 12.7. The number of benzene rings is 6. The van der Waals surface area contributed by atoms with Gasteiger partial charge in [0, 0.05) is 33.3 Å².